The van der Waals surface area contributed by atoms with Gasteiger partial charge in [0.2, 0.25) is 0 Å². The van der Waals surface area contributed by atoms with Gasteiger partial charge in [0.25, 0.3) is 0 Å². The second kappa shape index (κ2) is 8.50. The Hall–Kier alpha value is -0.770. The molecule has 1 heterocycles. The zero-order chi connectivity index (χ0) is 14.2. The predicted octanol–water partition coefficient (Wildman–Crippen LogP) is 5.36. The minimum atomic E-state index is 0.424. The van der Waals surface area contributed by atoms with Crippen molar-refractivity contribution in [3.8, 4) is 0 Å². The lowest BCUT2D eigenvalue weighted by Gasteiger charge is -2.27. The van der Waals surface area contributed by atoms with Crippen LogP contribution in [0.3, 0.4) is 0 Å². The van der Waals surface area contributed by atoms with Gasteiger partial charge in [0.1, 0.15) is 0 Å². The number of rotatable bonds is 8. The van der Waals surface area contributed by atoms with Crippen LogP contribution in [0.15, 0.2) is 52.1 Å². The van der Waals surface area contributed by atoms with Crippen molar-refractivity contribution >= 4 is 23.1 Å². The molecule has 2 rings (SSSR count). The van der Waals surface area contributed by atoms with E-state index in [0.717, 1.165) is 6.54 Å². The van der Waals surface area contributed by atoms with Gasteiger partial charge in [0.05, 0.1) is 4.21 Å². The summed E-state index contributed by atoms with van der Waals surface area (Å²) in [5, 5.41) is 6.46. The molecule has 2 atom stereocenters. The highest BCUT2D eigenvalue weighted by molar-refractivity contribution is 8.01. The van der Waals surface area contributed by atoms with Gasteiger partial charge in [-0.25, -0.2) is 0 Å². The first-order valence-electron chi connectivity index (χ1n) is 7.33. The van der Waals surface area contributed by atoms with E-state index in [1.807, 2.05) is 23.1 Å². The summed E-state index contributed by atoms with van der Waals surface area (Å²) in [4.78, 5) is 0. The van der Waals surface area contributed by atoms with Crippen LogP contribution < -0.4 is 5.32 Å². The number of thiophene rings is 1. The molecule has 3 heteroatoms. The molecular weight excluding hydrogens is 282 g/mol. The van der Waals surface area contributed by atoms with Crippen LogP contribution in [0, 0.1) is 0 Å². The summed E-state index contributed by atoms with van der Waals surface area (Å²) in [6.45, 7) is 5.58. The summed E-state index contributed by atoms with van der Waals surface area (Å²) in [6, 6.07) is 15.6. The van der Waals surface area contributed by atoms with E-state index in [-0.39, 0.29) is 0 Å². The van der Waals surface area contributed by atoms with Gasteiger partial charge in [-0.1, -0.05) is 50.2 Å². The van der Waals surface area contributed by atoms with E-state index in [2.05, 4.69) is 67.0 Å². The largest absolute Gasteiger partial charge is 0.309 e. The molecule has 0 spiro atoms. The van der Waals surface area contributed by atoms with Crippen molar-refractivity contribution in [1.82, 2.24) is 5.32 Å². The van der Waals surface area contributed by atoms with Gasteiger partial charge in [-0.2, -0.15) is 0 Å². The molecule has 0 saturated carbocycles. The smallest absolute Gasteiger partial charge is 0.0601 e. The summed E-state index contributed by atoms with van der Waals surface area (Å²) in [7, 11) is 0. The van der Waals surface area contributed by atoms with Gasteiger partial charge in [0.15, 0.2) is 0 Å². The highest BCUT2D eigenvalue weighted by atomic mass is 32.2. The Morgan fingerprint density at radius 1 is 1.10 bits per heavy atom. The van der Waals surface area contributed by atoms with Gasteiger partial charge < -0.3 is 5.32 Å². The average Bonchev–Trinajstić information content (AvgIpc) is 3.00. The summed E-state index contributed by atoms with van der Waals surface area (Å²) < 4.78 is 1.41. The topological polar surface area (TPSA) is 12.0 Å². The quantitative estimate of drug-likeness (QED) is 0.659. The zero-order valence-electron chi connectivity index (χ0n) is 12.2. The molecule has 0 saturated heterocycles. The van der Waals surface area contributed by atoms with Gasteiger partial charge in [-0.3, -0.25) is 0 Å². The molecule has 1 aromatic heterocycles. The van der Waals surface area contributed by atoms with E-state index < -0.39 is 0 Å². The first-order valence-corrected chi connectivity index (χ1v) is 9.09. The van der Waals surface area contributed by atoms with E-state index in [1.165, 1.54) is 22.6 Å². The minimum absolute atomic E-state index is 0.424. The Morgan fingerprint density at radius 3 is 2.50 bits per heavy atom. The molecule has 0 radical (unpaired) electrons. The first kappa shape index (κ1) is 15.6. The van der Waals surface area contributed by atoms with E-state index >= 15 is 0 Å². The monoisotopic (exact) mass is 305 g/mol. The minimum Gasteiger partial charge on any atom is -0.309 e. The van der Waals surface area contributed by atoms with Crippen LogP contribution in [0.5, 0.6) is 0 Å². The molecule has 0 aliphatic heterocycles. The summed E-state index contributed by atoms with van der Waals surface area (Å²) in [5.41, 5.74) is 1.40. The first-order chi connectivity index (χ1) is 9.85. The van der Waals surface area contributed by atoms with Crippen molar-refractivity contribution in [3.63, 3.8) is 0 Å². The Balaban J connectivity index is 2.14. The Bertz CT molecular complexity index is 467. The average molecular weight is 306 g/mol. The van der Waals surface area contributed by atoms with Crippen molar-refractivity contribution in [1.29, 1.82) is 0 Å². The van der Waals surface area contributed by atoms with E-state index in [0.29, 0.717) is 11.3 Å². The molecule has 2 unspecified atom stereocenters. The van der Waals surface area contributed by atoms with Crippen LogP contribution in [0.4, 0.5) is 0 Å². The van der Waals surface area contributed by atoms with E-state index in [1.54, 1.807) is 0 Å². The molecule has 0 bridgehead atoms. The number of benzene rings is 1. The number of thioether (sulfide) groups is 1. The Morgan fingerprint density at radius 2 is 1.90 bits per heavy atom. The predicted molar refractivity (Wildman–Crippen MR) is 91.7 cm³/mol. The van der Waals surface area contributed by atoms with E-state index in [4.69, 9.17) is 0 Å². The molecule has 108 valence electrons. The molecule has 1 aromatic carbocycles. The molecule has 0 aliphatic carbocycles. The summed E-state index contributed by atoms with van der Waals surface area (Å²) >= 11 is 3.84. The third kappa shape index (κ3) is 4.37. The van der Waals surface area contributed by atoms with Crippen LogP contribution in [-0.4, -0.2) is 11.8 Å². The van der Waals surface area contributed by atoms with E-state index in [9.17, 15) is 0 Å². The lowest BCUT2D eigenvalue weighted by molar-refractivity contribution is 0.505. The second-order valence-corrected chi connectivity index (χ2v) is 7.33. The third-order valence-corrected chi connectivity index (χ3v) is 5.83. The fourth-order valence-electron chi connectivity index (χ4n) is 2.29. The van der Waals surface area contributed by atoms with Gasteiger partial charge in [-0.15, -0.1) is 23.1 Å². The van der Waals surface area contributed by atoms with Gasteiger partial charge in [-0.05, 0) is 36.4 Å². The summed E-state index contributed by atoms with van der Waals surface area (Å²) in [5.74, 6) is 0. The Labute approximate surface area is 130 Å². The molecule has 0 aliphatic rings. The molecular formula is C17H23NS2. The molecule has 1 nitrogen and oxygen atoms in total. The SMILES string of the molecule is CCCNC(c1ccccc1)C(CC)Sc1cccs1. The molecule has 20 heavy (non-hydrogen) atoms. The van der Waals surface area contributed by atoms with Gasteiger partial charge in [0, 0.05) is 11.3 Å². The number of nitrogens with one attached hydrogen (secondary N) is 1. The van der Waals surface area contributed by atoms with Crippen molar-refractivity contribution in [2.45, 2.75) is 42.2 Å². The van der Waals surface area contributed by atoms with Crippen LogP contribution in [-0.2, 0) is 0 Å². The lowest BCUT2D eigenvalue weighted by Crippen LogP contribution is -2.30. The summed E-state index contributed by atoms with van der Waals surface area (Å²) in [6.07, 6.45) is 2.34. The van der Waals surface area contributed by atoms with Crippen LogP contribution in [0.1, 0.15) is 38.3 Å². The molecule has 0 fully saturated rings. The number of hydrogen-bond donors (Lipinski definition) is 1. The maximum absolute atomic E-state index is 3.73. The maximum atomic E-state index is 3.73. The number of hydrogen-bond acceptors (Lipinski definition) is 3. The molecule has 1 N–H and O–H groups in total. The standard InChI is InChI=1S/C17H23NS2/c1-3-12-18-17(14-9-6-5-7-10-14)15(4-2)20-16-11-8-13-19-16/h5-11,13,15,17-18H,3-4,12H2,1-2H3. The van der Waals surface area contributed by atoms with Crippen LogP contribution >= 0.6 is 23.1 Å². The zero-order valence-corrected chi connectivity index (χ0v) is 13.8. The van der Waals surface area contributed by atoms with Crippen molar-refractivity contribution in [3.05, 3.63) is 53.4 Å². The van der Waals surface area contributed by atoms with Crippen molar-refractivity contribution in [2.24, 2.45) is 0 Å². The third-order valence-electron chi connectivity index (χ3n) is 3.31. The Kier molecular flexibility index (Phi) is 6.64. The fourth-order valence-corrected chi connectivity index (χ4v) is 4.51. The lowest BCUT2D eigenvalue weighted by atomic mass is 10.0. The van der Waals surface area contributed by atoms with Crippen molar-refractivity contribution in [2.75, 3.05) is 6.54 Å². The highest BCUT2D eigenvalue weighted by Gasteiger charge is 2.22. The molecule has 0 amide bonds. The second-order valence-electron chi connectivity index (χ2n) is 4.84. The van der Waals surface area contributed by atoms with Gasteiger partial charge >= 0.3 is 0 Å². The highest BCUT2D eigenvalue weighted by Crippen LogP contribution is 2.36. The van der Waals surface area contributed by atoms with Crippen LogP contribution in [0.2, 0.25) is 0 Å². The fraction of sp³-hybridized carbons (Fsp3) is 0.412. The van der Waals surface area contributed by atoms with Crippen molar-refractivity contribution < 1.29 is 0 Å². The van der Waals surface area contributed by atoms with Crippen LogP contribution in [0.25, 0.3) is 0 Å². The maximum Gasteiger partial charge on any atom is 0.0601 e. The molecule has 2 aromatic rings. The normalized spacial score (nSPS) is 14.1.